The molecule has 0 spiro atoms. The molecule has 22 heavy (non-hydrogen) atoms. The monoisotopic (exact) mass is 318 g/mol. The van der Waals surface area contributed by atoms with Crippen LogP contribution in [-0.2, 0) is 15.1 Å². The molecule has 0 amide bonds. The summed E-state index contributed by atoms with van der Waals surface area (Å²) < 4.78 is 5.74. The molecule has 0 aromatic heterocycles. The van der Waals surface area contributed by atoms with Crippen LogP contribution in [0.5, 0.6) is 0 Å². The third kappa shape index (κ3) is 3.32. The van der Waals surface area contributed by atoms with Gasteiger partial charge in [0.05, 0.1) is 5.75 Å². The summed E-state index contributed by atoms with van der Waals surface area (Å²) in [5.74, 6) is -1.18. The van der Waals surface area contributed by atoms with Crippen LogP contribution in [0.25, 0.3) is 0 Å². The van der Waals surface area contributed by atoms with Gasteiger partial charge in [-0.05, 0) is 11.1 Å². The van der Waals surface area contributed by atoms with E-state index in [4.69, 9.17) is 9.84 Å². The summed E-state index contributed by atoms with van der Waals surface area (Å²) in [4.78, 5) is 10.8. The number of carboxylic acids is 1. The number of rotatable bonds is 7. The van der Waals surface area contributed by atoms with E-state index in [-0.39, 0.29) is 5.75 Å². The van der Waals surface area contributed by atoms with Gasteiger partial charge >= 0.3 is 5.97 Å². The van der Waals surface area contributed by atoms with Crippen molar-refractivity contribution in [2.45, 2.75) is 11.0 Å². The fourth-order valence-electron chi connectivity index (χ4n) is 2.43. The first-order valence-corrected chi connectivity index (χ1v) is 7.84. The average molecular weight is 318 g/mol. The van der Waals surface area contributed by atoms with Gasteiger partial charge in [0.2, 0.25) is 0 Å². The normalized spacial score (nSPS) is 12.8. The van der Waals surface area contributed by atoms with E-state index in [1.54, 1.807) is 0 Å². The Balaban J connectivity index is 2.50. The van der Waals surface area contributed by atoms with Crippen LogP contribution in [0.2, 0.25) is 0 Å². The van der Waals surface area contributed by atoms with Crippen LogP contribution in [0.1, 0.15) is 11.1 Å². The number of ether oxygens (including phenoxy) is 1. The van der Waals surface area contributed by atoms with Gasteiger partial charge < -0.3 is 14.9 Å². The van der Waals surface area contributed by atoms with E-state index in [9.17, 15) is 9.90 Å². The number of aliphatic hydroxyl groups excluding tert-OH is 1. The van der Waals surface area contributed by atoms with Crippen LogP contribution in [0.4, 0.5) is 0 Å². The second-order valence-electron chi connectivity index (χ2n) is 4.73. The van der Waals surface area contributed by atoms with Gasteiger partial charge in [-0.2, -0.15) is 0 Å². The third-order valence-electron chi connectivity index (χ3n) is 3.44. The molecule has 0 heterocycles. The number of thioether (sulfide) groups is 1. The highest BCUT2D eigenvalue weighted by Crippen LogP contribution is 2.40. The molecule has 2 aromatic carbocycles. The van der Waals surface area contributed by atoms with Crippen LogP contribution in [-0.4, -0.2) is 34.5 Å². The molecule has 1 atom stereocenters. The first kappa shape index (κ1) is 16.5. The molecule has 0 bridgehead atoms. The van der Waals surface area contributed by atoms with Gasteiger partial charge in [0.15, 0.2) is 5.60 Å². The van der Waals surface area contributed by atoms with Gasteiger partial charge in [-0.1, -0.05) is 60.7 Å². The van der Waals surface area contributed by atoms with Crippen molar-refractivity contribution in [3.63, 3.8) is 0 Å². The van der Waals surface area contributed by atoms with E-state index in [1.165, 1.54) is 7.11 Å². The molecule has 4 nitrogen and oxygen atoms in total. The predicted molar refractivity (Wildman–Crippen MR) is 86.8 cm³/mol. The molecule has 1 unspecified atom stereocenters. The topological polar surface area (TPSA) is 66.8 Å². The molecule has 0 aliphatic rings. The Bertz CT molecular complexity index is 561. The summed E-state index contributed by atoms with van der Waals surface area (Å²) in [7, 11) is 1.52. The molecule has 0 aliphatic carbocycles. The van der Waals surface area contributed by atoms with E-state index in [0.29, 0.717) is 0 Å². The van der Waals surface area contributed by atoms with E-state index in [0.717, 1.165) is 22.9 Å². The highest BCUT2D eigenvalue weighted by molar-refractivity contribution is 8.00. The maximum Gasteiger partial charge on any atom is 0.313 e. The largest absolute Gasteiger partial charge is 0.481 e. The molecule has 0 saturated carbocycles. The lowest BCUT2D eigenvalue weighted by atomic mass is 9.86. The lowest BCUT2D eigenvalue weighted by Crippen LogP contribution is -2.41. The van der Waals surface area contributed by atoms with Gasteiger partial charge in [-0.15, -0.1) is 11.8 Å². The Morgan fingerprint density at radius 3 is 1.91 bits per heavy atom. The summed E-state index contributed by atoms with van der Waals surface area (Å²) in [6, 6.07) is 18.7. The van der Waals surface area contributed by atoms with Crippen molar-refractivity contribution in [2.24, 2.45) is 0 Å². The van der Waals surface area contributed by atoms with Crippen molar-refractivity contribution >= 4 is 17.7 Å². The third-order valence-corrected chi connectivity index (χ3v) is 4.50. The molecule has 5 heteroatoms. The molecule has 2 N–H and O–H groups in total. The van der Waals surface area contributed by atoms with Crippen molar-refractivity contribution in [2.75, 3.05) is 12.9 Å². The fourth-order valence-corrected chi connectivity index (χ4v) is 3.33. The smallest absolute Gasteiger partial charge is 0.313 e. The van der Waals surface area contributed by atoms with Crippen molar-refractivity contribution in [1.82, 2.24) is 0 Å². The quantitative estimate of drug-likeness (QED) is 0.768. The predicted octanol–water partition coefficient (Wildman–Crippen LogP) is 2.71. The van der Waals surface area contributed by atoms with Gasteiger partial charge in [-0.25, -0.2) is 0 Å². The lowest BCUT2D eigenvalue weighted by molar-refractivity contribution is -0.134. The highest BCUT2D eigenvalue weighted by Gasteiger charge is 2.42. The van der Waals surface area contributed by atoms with Crippen LogP contribution in [0.15, 0.2) is 60.7 Å². The zero-order valence-corrected chi connectivity index (χ0v) is 13.0. The number of benzene rings is 2. The second kappa shape index (κ2) is 7.45. The molecule has 0 radical (unpaired) electrons. The number of hydrogen-bond acceptors (Lipinski definition) is 4. The standard InChI is InChI=1S/C17H18O4S/c1-21-17(13-8-4-2-5-9-13,14-10-6-3-7-11-14)16(20)22-12-15(18)19/h2-11,16,20H,12H2,1H3,(H,18,19). The Morgan fingerprint density at radius 2 is 1.55 bits per heavy atom. The zero-order chi connectivity index (χ0) is 16.0. The number of carboxylic acid groups (broad SMARTS) is 1. The number of aliphatic carboxylic acids is 1. The van der Waals surface area contributed by atoms with Gasteiger partial charge in [0.1, 0.15) is 5.44 Å². The number of methoxy groups -OCH3 is 1. The molecular weight excluding hydrogens is 300 g/mol. The van der Waals surface area contributed by atoms with E-state index < -0.39 is 17.0 Å². The average Bonchev–Trinajstić information content (AvgIpc) is 2.56. The molecule has 2 rings (SSSR count). The van der Waals surface area contributed by atoms with Crippen LogP contribution >= 0.6 is 11.8 Å². The molecule has 0 fully saturated rings. The van der Waals surface area contributed by atoms with Gasteiger partial charge in [0.25, 0.3) is 0 Å². The van der Waals surface area contributed by atoms with Crippen molar-refractivity contribution in [1.29, 1.82) is 0 Å². The molecular formula is C17H18O4S. The maximum absolute atomic E-state index is 10.8. The maximum atomic E-state index is 10.8. The Hall–Kier alpha value is -1.82. The first-order valence-electron chi connectivity index (χ1n) is 6.79. The van der Waals surface area contributed by atoms with Crippen LogP contribution in [0.3, 0.4) is 0 Å². The Morgan fingerprint density at radius 1 is 1.09 bits per heavy atom. The van der Waals surface area contributed by atoms with Crippen molar-refractivity contribution in [3.8, 4) is 0 Å². The second-order valence-corrected chi connectivity index (χ2v) is 5.80. The SMILES string of the molecule is COC(c1ccccc1)(c1ccccc1)C(O)SCC(=O)O. The zero-order valence-electron chi connectivity index (χ0n) is 12.2. The minimum Gasteiger partial charge on any atom is -0.481 e. The van der Waals surface area contributed by atoms with E-state index >= 15 is 0 Å². The summed E-state index contributed by atoms with van der Waals surface area (Å²) in [6.07, 6.45) is 0. The molecule has 2 aromatic rings. The molecule has 0 aliphatic heterocycles. The highest BCUT2D eigenvalue weighted by atomic mass is 32.2. The first-order chi connectivity index (χ1) is 10.6. The summed E-state index contributed by atoms with van der Waals surface area (Å²) >= 11 is 0.937. The summed E-state index contributed by atoms with van der Waals surface area (Å²) in [5.41, 5.74) is -0.635. The molecule has 0 saturated heterocycles. The number of carbonyl (C=O) groups is 1. The summed E-state index contributed by atoms with van der Waals surface area (Å²) in [6.45, 7) is 0. The fraction of sp³-hybridized carbons (Fsp3) is 0.235. The van der Waals surface area contributed by atoms with Crippen molar-refractivity contribution < 1.29 is 19.7 Å². The van der Waals surface area contributed by atoms with Gasteiger partial charge in [-0.3, -0.25) is 4.79 Å². The summed E-state index contributed by atoms with van der Waals surface area (Å²) in [5, 5.41) is 19.6. The lowest BCUT2D eigenvalue weighted by Gasteiger charge is -2.37. The van der Waals surface area contributed by atoms with Crippen LogP contribution < -0.4 is 0 Å². The van der Waals surface area contributed by atoms with Crippen molar-refractivity contribution in [3.05, 3.63) is 71.8 Å². The number of hydrogen-bond donors (Lipinski definition) is 2. The Labute approximate surface area is 133 Å². The minimum absolute atomic E-state index is 0.202. The van der Waals surface area contributed by atoms with E-state index in [2.05, 4.69) is 0 Å². The molecule has 116 valence electrons. The number of aliphatic hydroxyl groups is 1. The van der Waals surface area contributed by atoms with Gasteiger partial charge in [0, 0.05) is 7.11 Å². The van der Waals surface area contributed by atoms with Crippen LogP contribution in [0, 0.1) is 0 Å². The Kier molecular flexibility index (Phi) is 5.60. The van der Waals surface area contributed by atoms with E-state index in [1.807, 2.05) is 60.7 Å². The minimum atomic E-state index is -1.12.